The molecule has 0 fully saturated rings. The molecule has 0 amide bonds. The van der Waals surface area contributed by atoms with Gasteiger partial charge in [0.25, 0.3) is 0 Å². The van der Waals surface area contributed by atoms with Crippen molar-refractivity contribution in [2.24, 2.45) is 0 Å². The Hall–Kier alpha value is -0.0800. The maximum absolute atomic E-state index is 3.47. The van der Waals surface area contributed by atoms with Gasteiger partial charge >= 0.3 is 0 Å². The van der Waals surface area contributed by atoms with E-state index in [4.69, 9.17) is 0 Å². The molecule has 0 bridgehead atoms. The summed E-state index contributed by atoms with van der Waals surface area (Å²) in [6.45, 7) is 6.71. The summed E-state index contributed by atoms with van der Waals surface area (Å²) in [6.07, 6.45) is 2.56. The van der Waals surface area contributed by atoms with Gasteiger partial charge in [0.05, 0.1) is 0 Å². The van der Waals surface area contributed by atoms with E-state index in [1.54, 1.807) is 0 Å². The zero-order valence-corrected chi connectivity index (χ0v) is 8.35. The highest BCUT2D eigenvalue weighted by Gasteiger charge is 1.97. The highest BCUT2D eigenvalue weighted by atomic mass is 15.1. The van der Waals surface area contributed by atoms with Crippen LogP contribution in [0.25, 0.3) is 0 Å². The predicted molar refractivity (Wildman–Crippen MR) is 50.9 cm³/mol. The lowest BCUT2D eigenvalue weighted by molar-refractivity contribution is 0.382. The van der Waals surface area contributed by atoms with Crippen molar-refractivity contribution in [2.45, 2.75) is 32.7 Å². The summed E-state index contributed by atoms with van der Waals surface area (Å²) in [5, 5.41) is 3.47. The van der Waals surface area contributed by atoms with Gasteiger partial charge in [-0.3, -0.25) is 0 Å². The molecule has 1 N–H and O–H groups in total. The minimum Gasteiger partial charge on any atom is -0.313 e. The van der Waals surface area contributed by atoms with Gasteiger partial charge in [0, 0.05) is 19.1 Å². The van der Waals surface area contributed by atoms with Crippen molar-refractivity contribution in [3.8, 4) is 0 Å². The van der Waals surface area contributed by atoms with Crippen molar-refractivity contribution < 1.29 is 0 Å². The molecule has 0 aromatic rings. The Kier molecular flexibility index (Phi) is 6.57. The second-order valence-corrected chi connectivity index (χ2v) is 3.45. The highest BCUT2D eigenvalue weighted by molar-refractivity contribution is 4.59. The minimum atomic E-state index is 0.681. The molecule has 0 heterocycles. The van der Waals surface area contributed by atoms with Gasteiger partial charge in [-0.05, 0) is 27.4 Å². The molecule has 0 saturated carbocycles. The van der Waals surface area contributed by atoms with Crippen molar-refractivity contribution in [2.75, 3.05) is 27.2 Å². The van der Waals surface area contributed by atoms with Crippen molar-refractivity contribution >= 4 is 0 Å². The zero-order chi connectivity index (χ0) is 8.69. The Morgan fingerprint density at radius 3 is 2.45 bits per heavy atom. The first-order valence-electron chi connectivity index (χ1n) is 4.55. The smallest absolute Gasteiger partial charge is 0.0101 e. The second kappa shape index (κ2) is 6.62. The van der Waals surface area contributed by atoms with Crippen LogP contribution in [0, 0.1) is 0 Å². The van der Waals surface area contributed by atoms with Crippen LogP contribution in [0.1, 0.15) is 26.7 Å². The van der Waals surface area contributed by atoms with E-state index < -0.39 is 0 Å². The van der Waals surface area contributed by atoms with Gasteiger partial charge in [-0.15, -0.1) is 0 Å². The van der Waals surface area contributed by atoms with Crippen molar-refractivity contribution in [3.05, 3.63) is 0 Å². The SMILES string of the molecule is CCCC(C)NCCN(C)C. The topological polar surface area (TPSA) is 15.3 Å². The molecule has 11 heavy (non-hydrogen) atoms. The Morgan fingerprint density at radius 2 is 2.00 bits per heavy atom. The summed E-state index contributed by atoms with van der Waals surface area (Å²) in [6, 6.07) is 0.681. The van der Waals surface area contributed by atoms with E-state index in [1.165, 1.54) is 12.8 Å². The predicted octanol–water partition coefficient (Wildman–Crippen LogP) is 1.33. The Labute approximate surface area is 71.0 Å². The monoisotopic (exact) mass is 158 g/mol. The van der Waals surface area contributed by atoms with Crippen molar-refractivity contribution in [1.82, 2.24) is 10.2 Å². The molecule has 2 nitrogen and oxygen atoms in total. The fourth-order valence-corrected chi connectivity index (χ4v) is 1.07. The first-order valence-corrected chi connectivity index (χ1v) is 4.55. The molecular formula is C9H22N2. The molecule has 0 aromatic heterocycles. The molecule has 0 aromatic carbocycles. The summed E-state index contributed by atoms with van der Waals surface area (Å²) >= 11 is 0. The average molecular weight is 158 g/mol. The number of rotatable bonds is 6. The summed E-state index contributed by atoms with van der Waals surface area (Å²) in [4.78, 5) is 2.20. The molecule has 1 unspecified atom stereocenters. The highest BCUT2D eigenvalue weighted by Crippen LogP contribution is 1.93. The maximum Gasteiger partial charge on any atom is 0.0101 e. The van der Waals surface area contributed by atoms with E-state index in [1.807, 2.05) is 0 Å². The maximum atomic E-state index is 3.47. The van der Waals surface area contributed by atoms with Gasteiger partial charge in [0.2, 0.25) is 0 Å². The van der Waals surface area contributed by atoms with Gasteiger partial charge in [-0.1, -0.05) is 13.3 Å². The van der Waals surface area contributed by atoms with Gasteiger partial charge in [-0.2, -0.15) is 0 Å². The van der Waals surface area contributed by atoms with E-state index in [9.17, 15) is 0 Å². The van der Waals surface area contributed by atoms with Crippen LogP contribution in [0.4, 0.5) is 0 Å². The van der Waals surface area contributed by atoms with Crippen LogP contribution in [0.5, 0.6) is 0 Å². The summed E-state index contributed by atoms with van der Waals surface area (Å²) in [5.74, 6) is 0. The number of nitrogens with zero attached hydrogens (tertiary/aromatic N) is 1. The third kappa shape index (κ3) is 7.82. The fourth-order valence-electron chi connectivity index (χ4n) is 1.07. The van der Waals surface area contributed by atoms with E-state index >= 15 is 0 Å². The molecular weight excluding hydrogens is 136 g/mol. The Balaban J connectivity index is 3.10. The summed E-state index contributed by atoms with van der Waals surface area (Å²) in [7, 11) is 4.21. The van der Waals surface area contributed by atoms with Crippen LogP contribution in [-0.4, -0.2) is 38.1 Å². The lowest BCUT2D eigenvalue weighted by Crippen LogP contribution is -2.32. The number of likely N-dealkylation sites (N-methyl/N-ethyl adjacent to an activating group) is 1. The standard InChI is InChI=1S/C9H22N2/c1-5-6-9(2)10-7-8-11(3)4/h9-10H,5-8H2,1-4H3. The fraction of sp³-hybridized carbons (Fsp3) is 1.00. The van der Waals surface area contributed by atoms with Gasteiger partial charge in [0.15, 0.2) is 0 Å². The largest absolute Gasteiger partial charge is 0.313 e. The van der Waals surface area contributed by atoms with Crippen LogP contribution in [0.3, 0.4) is 0 Å². The van der Waals surface area contributed by atoms with Crippen LogP contribution < -0.4 is 5.32 Å². The lowest BCUT2D eigenvalue weighted by atomic mass is 10.2. The van der Waals surface area contributed by atoms with Gasteiger partial charge < -0.3 is 10.2 Å². The number of hydrogen-bond acceptors (Lipinski definition) is 2. The lowest BCUT2D eigenvalue weighted by Gasteiger charge is -2.15. The molecule has 2 heteroatoms. The van der Waals surface area contributed by atoms with Crippen LogP contribution >= 0.6 is 0 Å². The van der Waals surface area contributed by atoms with E-state index in [0.29, 0.717) is 6.04 Å². The van der Waals surface area contributed by atoms with Crippen LogP contribution in [0.2, 0.25) is 0 Å². The molecule has 0 rings (SSSR count). The zero-order valence-electron chi connectivity index (χ0n) is 8.35. The molecule has 0 radical (unpaired) electrons. The molecule has 68 valence electrons. The Bertz CT molecular complexity index is 81.6. The quantitative estimate of drug-likeness (QED) is 0.627. The van der Waals surface area contributed by atoms with Crippen molar-refractivity contribution in [3.63, 3.8) is 0 Å². The van der Waals surface area contributed by atoms with Gasteiger partial charge in [-0.25, -0.2) is 0 Å². The van der Waals surface area contributed by atoms with Crippen LogP contribution in [-0.2, 0) is 0 Å². The minimum absolute atomic E-state index is 0.681. The first-order chi connectivity index (χ1) is 5.16. The van der Waals surface area contributed by atoms with E-state index in [-0.39, 0.29) is 0 Å². The van der Waals surface area contributed by atoms with Crippen molar-refractivity contribution in [1.29, 1.82) is 0 Å². The van der Waals surface area contributed by atoms with Gasteiger partial charge in [0.1, 0.15) is 0 Å². The third-order valence-corrected chi connectivity index (χ3v) is 1.77. The number of nitrogens with one attached hydrogen (secondary N) is 1. The first kappa shape index (κ1) is 10.9. The Morgan fingerprint density at radius 1 is 1.36 bits per heavy atom. The summed E-state index contributed by atoms with van der Waals surface area (Å²) in [5.41, 5.74) is 0. The van der Waals surface area contributed by atoms with Crippen LogP contribution in [0.15, 0.2) is 0 Å². The molecule has 0 saturated heterocycles. The molecule has 0 aliphatic carbocycles. The van der Waals surface area contributed by atoms with E-state index in [0.717, 1.165) is 13.1 Å². The summed E-state index contributed by atoms with van der Waals surface area (Å²) < 4.78 is 0. The molecule has 0 spiro atoms. The molecule has 0 aliphatic rings. The average Bonchev–Trinajstić information content (AvgIpc) is 1.87. The van der Waals surface area contributed by atoms with E-state index in [2.05, 4.69) is 38.2 Å². The second-order valence-electron chi connectivity index (χ2n) is 3.45. The third-order valence-electron chi connectivity index (χ3n) is 1.77. The molecule has 0 aliphatic heterocycles. The molecule has 1 atom stereocenters. The normalized spacial score (nSPS) is 13.9. The number of hydrogen-bond donors (Lipinski definition) is 1.